The Morgan fingerprint density at radius 1 is 1.27 bits per heavy atom. The number of imidazole rings is 1. The number of aromatic amines is 1. The predicted molar refractivity (Wildman–Crippen MR) is 157 cm³/mol. The van der Waals surface area contributed by atoms with Gasteiger partial charge in [-0.1, -0.05) is 56.6 Å². The number of ether oxygens (including phenoxy) is 1. The molecule has 216 valence electrons. The lowest BCUT2D eigenvalue weighted by atomic mass is 9.77. The van der Waals surface area contributed by atoms with E-state index in [0.717, 1.165) is 28.4 Å². The minimum absolute atomic E-state index is 0.115. The highest BCUT2D eigenvalue weighted by Crippen LogP contribution is 2.39. The average molecular weight is 571 g/mol. The second kappa shape index (κ2) is 12.0. The normalized spacial score (nSPS) is 20.0. The molecule has 0 bridgehead atoms. The summed E-state index contributed by atoms with van der Waals surface area (Å²) in [5.41, 5.74) is -0.536. The Bertz CT molecular complexity index is 1350. The summed E-state index contributed by atoms with van der Waals surface area (Å²) in [6, 6.07) is 13.0. The largest absolute Gasteiger partial charge is 0.380 e. The van der Waals surface area contributed by atoms with E-state index in [4.69, 9.17) is 21.3 Å². The molecule has 1 saturated heterocycles. The van der Waals surface area contributed by atoms with Crippen LogP contribution in [0.15, 0.2) is 42.5 Å². The first-order chi connectivity index (χ1) is 19.0. The number of aromatic nitrogens is 2. The number of benzene rings is 2. The monoisotopic (exact) mass is 570 g/mol. The van der Waals surface area contributed by atoms with Crippen molar-refractivity contribution >= 4 is 34.8 Å². The summed E-state index contributed by atoms with van der Waals surface area (Å²) in [6.45, 7) is 10.6. The Morgan fingerprint density at radius 3 is 2.62 bits per heavy atom. The number of alkyl halides is 1. The van der Waals surface area contributed by atoms with Gasteiger partial charge in [0.2, 0.25) is 5.91 Å². The second-order valence-corrected chi connectivity index (χ2v) is 12.1. The Morgan fingerprint density at radius 2 is 2.02 bits per heavy atom. The van der Waals surface area contributed by atoms with Gasteiger partial charge in [0.05, 0.1) is 23.1 Å². The number of nitrogens with one attached hydrogen (secondary N) is 3. The highest BCUT2D eigenvalue weighted by Gasteiger charge is 2.48. The fraction of sp³-hybridized carbons (Fsp3) is 0.516. The van der Waals surface area contributed by atoms with E-state index >= 15 is 4.39 Å². The van der Waals surface area contributed by atoms with Crippen LogP contribution in [0, 0.1) is 5.92 Å². The van der Waals surface area contributed by atoms with Gasteiger partial charge in [-0.3, -0.25) is 4.79 Å². The lowest BCUT2D eigenvalue weighted by Gasteiger charge is -2.37. The van der Waals surface area contributed by atoms with Crippen molar-refractivity contribution in [2.24, 2.45) is 5.92 Å². The van der Waals surface area contributed by atoms with Gasteiger partial charge < -0.3 is 25.1 Å². The van der Waals surface area contributed by atoms with E-state index in [1.54, 1.807) is 19.9 Å². The minimum Gasteiger partial charge on any atom is -0.380 e. The molecule has 3 N–H and O–H groups in total. The van der Waals surface area contributed by atoms with Gasteiger partial charge in [-0.2, -0.15) is 0 Å². The number of hydrogen-bond donors (Lipinski definition) is 3. The van der Waals surface area contributed by atoms with E-state index in [1.807, 2.05) is 57.2 Å². The van der Waals surface area contributed by atoms with Crippen molar-refractivity contribution in [3.8, 4) is 0 Å². The van der Waals surface area contributed by atoms with Crippen molar-refractivity contribution in [3.63, 3.8) is 0 Å². The van der Waals surface area contributed by atoms with Crippen LogP contribution in [0.5, 0.6) is 0 Å². The van der Waals surface area contributed by atoms with E-state index < -0.39 is 22.5 Å². The van der Waals surface area contributed by atoms with E-state index in [2.05, 4.69) is 15.6 Å². The van der Waals surface area contributed by atoms with Crippen LogP contribution in [0.4, 0.5) is 4.39 Å². The van der Waals surface area contributed by atoms with E-state index in [1.165, 1.54) is 0 Å². The highest BCUT2D eigenvalue weighted by atomic mass is 35.5. The first-order valence-electron chi connectivity index (χ1n) is 14.0. The highest BCUT2D eigenvalue weighted by molar-refractivity contribution is 6.31. The molecule has 0 spiro atoms. The smallest absolute Gasteiger partial charge is 0.233 e. The van der Waals surface area contributed by atoms with Crippen LogP contribution in [0.3, 0.4) is 0 Å². The summed E-state index contributed by atoms with van der Waals surface area (Å²) in [4.78, 5) is 34.3. The quantitative estimate of drug-likeness (QED) is 0.258. The molecule has 0 saturated carbocycles. The molecule has 0 aliphatic carbocycles. The number of fused-ring (bicyclic) bond motifs is 1. The van der Waals surface area contributed by atoms with Crippen molar-refractivity contribution in [3.05, 3.63) is 64.4 Å². The third kappa shape index (κ3) is 5.94. The van der Waals surface area contributed by atoms with Gasteiger partial charge in [-0.25, -0.2) is 9.37 Å². The van der Waals surface area contributed by atoms with Crippen molar-refractivity contribution in [1.29, 1.82) is 0 Å². The zero-order chi connectivity index (χ0) is 29.1. The zero-order valence-electron chi connectivity index (χ0n) is 23.9. The van der Waals surface area contributed by atoms with Crippen LogP contribution in [0.2, 0.25) is 5.02 Å². The molecule has 2 unspecified atom stereocenters. The van der Waals surface area contributed by atoms with Crippen molar-refractivity contribution in [2.75, 3.05) is 26.3 Å². The average Bonchev–Trinajstić information content (AvgIpc) is 3.57. The first-order valence-corrected chi connectivity index (χ1v) is 14.3. The van der Waals surface area contributed by atoms with Crippen LogP contribution in [0.1, 0.15) is 63.9 Å². The van der Waals surface area contributed by atoms with Gasteiger partial charge >= 0.3 is 0 Å². The molecule has 7 nitrogen and oxygen atoms in total. The van der Waals surface area contributed by atoms with Crippen LogP contribution in [-0.4, -0.2) is 59.7 Å². The third-order valence-corrected chi connectivity index (χ3v) is 8.65. The molecule has 1 aromatic heterocycles. The summed E-state index contributed by atoms with van der Waals surface area (Å²) < 4.78 is 21.1. The Labute approximate surface area is 240 Å². The lowest BCUT2D eigenvalue weighted by Crippen LogP contribution is -2.63. The molecule has 40 heavy (non-hydrogen) atoms. The fourth-order valence-electron chi connectivity index (χ4n) is 5.50. The topological polar surface area (TPSA) is 96.1 Å². The number of H-pyrrole nitrogens is 1. The van der Waals surface area contributed by atoms with Crippen molar-refractivity contribution in [2.45, 2.75) is 70.0 Å². The number of likely N-dealkylation sites (N-methyl/N-ethyl adjacent to an activating group) is 1. The number of nitrogens with zero attached hydrogens (tertiary/aromatic N) is 1. The van der Waals surface area contributed by atoms with Gasteiger partial charge in [0.15, 0.2) is 0 Å². The molecule has 1 aliphatic heterocycles. The van der Waals surface area contributed by atoms with Gasteiger partial charge in [0, 0.05) is 30.5 Å². The summed E-state index contributed by atoms with van der Waals surface area (Å²) in [7, 11) is 0. The van der Waals surface area contributed by atoms with Gasteiger partial charge in [-0.15, -0.1) is 0 Å². The number of amides is 1. The molecule has 0 radical (unpaired) electrons. The first kappa shape index (κ1) is 30.2. The molecule has 1 fully saturated rings. The number of carbonyl (C=O) groups is 2. The Kier molecular flexibility index (Phi) is 9.02. The third-order valence-electron chi connectivity index (χ3n) is 8.30. The van der Waals surface area contributed by atoms with Crippen molar-refractivity contribution in [1.82, 2.24) is 20.6 Å². The van der Waals surface area contributed by atoms with Crippen LogP contribution in [0.25, 0.3) is 11.0 Å². The summed E-state index contributed by atoms with van der Waals surface area (Å²) >= 11 is 6.44. The van der Waals surface area contributed by atoms with Gasteiger partial charge in [0.1, 0.15) is 23.3 Å². The SMILES string of the molecule is CCNC[C@](C=O)(NC(=O)C1(c2ccc3nc(CC(c4ccccc4Cl)C(C)(C)F)[nH]c3c2)CCOC1)C(C)C. The standard InChI is InChI=1S/C31H40ClFN4O3/c1-6-34-17-31(18-38,20(2)3)37-28(39)30(13-14-40-19-30)21-11-12-25-26(15-21)36-27(35-25)16-23(29(4,5)33)22-9-7-8-10-24(22)32/h7-12,15,18,20,23,34H,6,13-14,16-17,19H2,1-5H3,(H,35,36)(H,37,39)/t23?,30?,31-/m1/s1. The van der Waals surface area contributed by atoms with E-state index in [9.17, 15) is 9.59 Å². The number of carbonyl (C=O) groups excluding carboxylic acids is 2. The molecular formula is C31H40ClFN4O3. The maximum Gasteiger partial charge on any atom is 0.233 e. The van der Waals surface area contributed by atoms with Gasteiger partial charge in [-0.05, 0) is 62.1 Å². The molecule has 4 rings (SSSR count). The Balaban J connectivity index is 1.67. The summed E-state index contributed by atoms with van der Waals surface area (Å²) in [5.74, 6) is -0.225. The molecular weight excluding hydrogens is 531 g/mol. The van der Waals surface area contributed by atoms with Gasteiger partial charge in [0.25, 0.3) is 0 Å². The molecule has 9 heteroatoms. The number of aldehydes is 1. The summed E-state index contributed by atoms with van der Waals surface area (Å²) in [5, 5.41) is 6.82. The van der Waals surface area contributed by atoms with Crippen LogP contribution < -0.4 is 10.6 Å². The fourth-order valence-corrected chi connectivity index (χ4v) is 5.76. The van der Waals surface area contributed by atoms with Crippen LogP contribution in [-0.2, 0) is 26.2 Å². The molecule has 1 amide bonds. The Hall–Kier alpha value is -2.81. The van der Waals surface area contributed by atoms with E-state index in [-0.39, 0.29) is 18.4 Å². The maximum absolute atomic E-state index is 15.4. The second-order valence-electron chi connectivity index (χ2n) is 11.7. The predicted octanol–water partition coefficient (Wildman–Crippen LogP) is 5.27. The number of rotatable bonds is 12. The van der Waals surface area contributed by atoms with Crippen LogP contribution >= 0.6 is 11.6 Å². The zero-order valence-corrected chi connectivity index (χ0v) is 24.7. The number of halogens is 2. The number of hydrogen-bond acceptors (Lipinski definition) is 5. The lowest BCUT2D eigenvalue weighted by molar-refractivity contribution is -0.132. The molecule has 1 aliphatic rings. The molecule has 2 aromatic carbocycles. The molecule has 3 aromatic rings. The maximum atomic E-state index is 15.4. The van der Waals surface area contributed by atoms with E-state index in [0.29, 0.717) is 43.4 Å². The minimum atomic E-state index is -1.54. The summed E-state index contributed by atoms with van der Waals surface area (Å²) in [6.07, 6.45) is 1.66. The molecule has 2 heterocycles. The molecule has 3 atom stereocenters. The van der Waals surface area contributed by atoms with Crippen molar-refractivity contribution < 1.29 is 18.7 Å².